The molecule has 0 fully saturated rings. The Balaban J connectivity index is 0.000000473. The second-order valence-electron chi connectivity index (χ2n) is 9.02. The van der Waals surface area contributed by atoms with E-state index >= 15 is 0 Å². The molecule has 0 spiro atoms. The summed E-state index contributed by atoms with van der Waals surface area (Å²) in [5.41, 5.74) is 8.89. The molecule has 1 N–H and O–H groups in total. The summed E-state index contributed by atoms with van der Waals surface area (Å²) in [5.74, 6) is 0.935. The van der Waals surface area contributed by atoms with Crippen molar-refractivity contribution in [2.24, 2.45) is 5.92 Å². The summed E-state index contributed by atoms with van der Waals surface area (Å²) in [6, 6.07) is 0. The second-order valence-corrected chi connectivity index (χ2v) is 11.1. The molecule has 3 heteroatoms. The number of phenols is 1. The number of phenolic OH excluding ortho intramolecular Hbond substituents is 1. The van der Waals surface area contributed by atoms with E-state index in [-0.39, 0.29) is 5.41 Å². The van der Waals surface area contributed by atoms with Crippen LogP contribution in [-0.4, -0.2) is 19.2 Å². The van der Waals surface area contributed by atoms with Crippen LogP contribution in [-0.2, 0) is 25.4 Å². The van der Waals surface area contributed by atoms with Gasteiger partial charge in [-0.3, -0.25) is 6.08 Å². The molecule has 1 aromatic rings. The normalized spacial score (nSPS) is 16.1. The Kier molecular flexibility index (Phi) is 10.6. The van der Waals surface area contributed by atoms with Crippen LogP contribution in [0.4, 0.5) is 0 Å². The smallest absolute Gasteiger partial charge is 0.117 e. The minimum absolute atomic E-state index is 0.0388. The Morgan fingerprint density at radius 2 is 1.39 bits per heavy atom. The van der Waals surface area contributed by atoms with Gasteiger partial charge in [0.25, 0.3) is 0 Å². The van der Waals surface area contributed by atoms with E-state index in [1.54, 1.807) is 0 Å². The molecule has 1 aromatic carbocycles. The predicted molar refractivity (Wildman–Crippen MR) is 123 cm³/mol. The van der Waals surface area contributed by atoms with E-state index in [1.165, 1.54) is 37.2 Å². The third-order valence-corrected chi connectivity index (χ3v) is 5.82. The quantitative estimate of drug-likeness (QED) is 0.403. The van der Waals surface area contributed by atoms with Crippen LogP contribution >= 0.6 is 0 Å². The van der Waals surface area contributed by atoms with Crippen LogP contribution in [0.2, 0.25) is 0 Å². The van der Waals surface area contributed by atoms with Gasteiger partial charge >= 0.3 is 37.6 Å². The fourth-order valence-electron chi connectivity index (χ4n) is 3.24. The average Bonchev–Trinajstić information content (AvgIpc) is 2.76. The Bertz CT molecular complexity index is 759. The molecule has 1 aliphatic carbocycles. The van der Waals surface area contributed by atoms with Crippen molar-refractivity contribution in [1.82, 2.24) is 0 Å². The van der Waals surface area contributed by atoms with Gasteiger partial charge in [-0.25, -0.2) is 5.57 Å². The average molecular weight is 431 g/mol. The van der Waals surface area contributed by atoms with Gasteiger partial charge in [-0.1, -0.05) is 47.5 Å². The van der Waals surface area contributed by atoms with E-state index in [0.717, 1.165) is 10.8 Å². The summed E-state index contributed by atoms with van der Waals surface area (Å²) < 4.78 is 1.42. The van der Waals surface area contributed by atoms with Gasteiger partial charge in [0.05, 0.1) is 10.2 Å². The van der Waals surface area contributed by atoms with Crippen molar-refractivity contribution in [2.45, 2.75) is 88.5 Å². The Morgan fingerprint density at radius 3 is 1.64 bits per heavy atom. The SMILES string of the molecule is CC1=[C-]C(C)C(C)=C1C.C[C](C)=[Ti+].Cc1c(C)c(O)c([Si])c(C(C)(C)C)c1C. The molecule has 1 atom stereocenters. The van der Waals surface area contributed by atoms with E-state index in [0.29, 0.717) is 11.7 Å². The summed E-state index contributed by atoms with van der Waals surface area (Å²) in [7, 11) is 3.56. The topological polar surface area (TPSA) is 20.2 Å². The van der Waals surface area contributed by atoms with Crippen molar-refractivity contribution >= 4 is 19.2 Å². The monoisotopic (exact) mass is 430 g/mol. The molecule has 0 heterocycles. The number of benzene rings is 1. The maximum atomic E-state index is 10.0. The zero-order chi connectivity index (χ0) is 22.6. The third-order valence-electron chi connectivity index (χ3n) is 5.33. The van der Waals surface area contributed by atoms with Crippen LogP contribution in [0.5, 0.6) is 5.75 Å². The van der Waals surface area contributed by atoms with Crippen LogP contribution < -0.4 is 5.19 Å². The molecule has 2 rings (SSSR count). The van der Waals surface area contributed by atoms with Crippen molar-refractivity contribution in [3.8, 4) is 5.75 Å². The van der Waals surface area contributed by atoms with Gasteiger partial charge in [0, 0.05) is 0 Å². The van der Waals surface area contributed by atoms with Crippen molar-refractivity contribution in [2.75, 3.05) is 0 Å². The molecule has 1 nitrogen and oxygen atoms in total. The molecule has 0 aromatic heterocycles. The van der Waals surface area contributed by atoms with Crippen molar-refractivity contribution in [3.05, 3.63) is 45.0 Å². The number of aromatic hydroxyl groups is 1. The molecule has 0 saturated heterocycles. The van der Waals surface area contributed by atoms with E-state index in [9.17, 15) is 5.11 Å². The summed E-state index contributed by atoms with van der Waals surface area (Å²) in [5, 5.41) is 10.8. The molecule has 152 valence electrons. The van der Waals surface area contributed by atoms with Gasteiger partial charge in [-0.15, -0.1) is 6.92 Å². The van der Waals surface area contributed by atoms with E-state index < -0.39 is 0 Å². The van der Waals surface area contributed by atoms with Crippen LogP contribution in [0.15, 0.2) is 16.7 Å². The third kappa shape index (κ3) is 7.28. The zero-order valence-electron chi connectivity index (χ0n) is 20.0. The first kappa shape index (κ1) is 27.3. The van der Waals surface area contributed by atoms with E-state index in [1.807, 2.05) is 6.92 Å². The zero-order valence-corrected chi connectivity index (χ0v) is 22.6. The molecular weight excluding hydrogens is 392 g/mol. The summed E-state index contributed by atoms with van der Waals surface area (Å²) in [6.07, 6.45) is 3.36. The van der Waals surface area contributed by atoms with Crippen LogP contribution in [0.3, 0.4) is 0 Å². The van der Waals surface area contributed by atoms with Gasteiger partial charge in [0.2, 0.25) is 0 Å². The predicted octanol–water partition coefficient (Wildman–Crippen LogP) is 5.88. The Morgan fingerprint density at radius 1 is 0.964 bits per heavy atom. The minimum Gasteiger partial charge on any atom is -0.508 e. The Hall–Kier alpha value is -0.699. The van der Waals surface area contributed by atoms with Crippen LogP contribution in [0.1, 0.15) is 84.6 Å². The number of hydrogen-bond donors (Lipinski definition) is 1. The van der Waals surface area contributed by atoms with Crippen LogP contribution in [0, 0.1) is 32.8 Å². The summed E-state index contributed by atoms with van der Waals surface area (Å²) in [6.45, 7) is 25.4. The molecule has 28 heavy (non-hydrogen) atoms. The summed E-state index contributed by atoms with van der Waals surface area (Å²) in [4.78, 5) is 0. The largest absolute Gasteiger partial charge is 0.508 e. The first-order chi connectivity index (χ1) is 12.5. The number of hydrogen-bond acceptors (Lipinski definition) is 1. The van der Waals surface area contributed by atoms with Gasteiger partial charge in [-0.05, 0) is 53.6 Å². The van der Waals surface area contributed by atoms with Gasteiger partial charge in [-0.2, -0.15) is 11.1 Å². The molecule has 0 amide bonds. The molecule has 0 saturated carbocycles. The maximum absolute atomic E-state index is 10.0. The first-order valence-electron chi connectivity index (χ1n) is 9.88. The first-order valence-corrected chi connectivity index (χ1v) is 11.2. The van der Waals surface area contributed by atoms with Crippen molar-refractivity contribution in [3.63, 3.8) is 0 Å². The fourth-order valence-corrected chi connectivity index (χ4v) is 3.99. The Labute approximate surface area is 189 Å². The van der Waals surface area contributed by atoms with Crippen molar-refractivity contribution in [1.29, 1.82) is 0 Å². The van der Waals surface area contributed by atoms with Crippen LogP contribution in [0.25, 0.3) is 0 Å². The molecule has 1 aliphatic rings. The van der Waals surface area contributed by atoms with Gasteiger partial charge in [0.15, 0.2) is 0 Å². The molecular formula is C25H38OSiTi. The molecule has 0 aliphatic heterocycles. The molecule has 1 unspecified atom stereocenters. The number of allylic oxidation sites excluding steroid dienone is 4. The maximum Gasteiger partial charge on any atom is 0.117 e. The molecule has 3 radical (unpaired) electrons. The van der Waals surface area contributed by atoms with Gasteiger partial charge in [0.1, 0.15) is 5.75 Å². The summed E-state index contributed by atoms with van der Waals surface area (Å²) >= 11 is 2.08. The molecule has 0 bridgehead atoms. The van der Waals surface area contributed by atoms with Gasteiger partial charge < -0.3 is 5.11 Å². The number of rotatable bonds is 0. The second kappa shape index (κ2) is 10.9. The van der Waals surface area contributed by atoms with E-state index in [4.69, 9.17) is 0 Å². The standard InChI is InChI=1S/C13H19OSi.C9H13.C3H6.Ti/c1-7-8(2)10(13(4,5)6)12(15)11(14)9(7)3;1-6-5-7(2)9(4)8(6)3;1-3-2;/h14H,1-6H3;6H,1-4H3;1-2H3;/q;-1;;+1. The fraction of sp³-hybridized carbons (Fsp3) is 0.560. The van der Waals surface area contributed by atoms with Crippen molar-refractivity contribution < 1.29 is 25.1 Å². The minimum atomic E-state index is 0.0388. The van der Waals surface area contributed by atoms with E-state index in [2.05, 4.69) is 112 Å².